The number of fused-ring (bicyclic) bond motifs is 3. The second-order valence-electron chi connectivity index (χ2n) is 21.6. The minimum absolute atomic E-state index is 0.206. The van der Waals surface area contributed by atoms with Gasteiger partial charge in [-0.1, -0.05) is 191 Å². The number of hydrogen-bond acceptors (Lipinski definition) is 2. The van der Waals surface area contributed by atoms with Gasteiger partial charge in [-0.25, -0.2) is 4.98 Å². The topological polar surface area (TPSA) is 35.9 Å². The molecule has 5 heteroatoms. The fourth-order valence-electron chi connectivity index (χ4n) is 10.1. The molecular weight excluding hydrogens is 841 g/mol. The highest BCUT2D eigenvalue weighted by molar-refractivity contribution is 6.09. The summed E-state index contributed by atoms with van der Waals surface area (Å²) in [6.45, 7) is 23.0. The molecule has 0 saturated heterocycles. The lowest BCUT2D eigenvalue weighted by atomic mass is 9.78. The van der Waals surface area contributed by atoms with Gasteiger partial charge in [0.1, 0.15) is 17.3 Å². The van der Waals surface area contributed by atoms with E-state index in [-0.39, 0.29) is 21.7 Å². The van der Waals surface area contributed by atoms with Crippen LogP contribution in [0.25, 0.3) is 50.1 Å². The zero-order valence-corrected chi connectivity index (χ0v) is 41.7. The third-order valence-electron chi connectivity index (χ3n) is 13.9. The minimum Gasteiger partial charge on any atom is -0.458 e. The molecule has 10 rings (SSSR count). The van der Waals surface area contributed by atoms with Gasteiger partial charge >= 0.3 is 0 Å². The van der Waals surface area contributed by atoms with Gasteiger partial charge in [0.15, 0.2) is 0 Å². The van der Waals surface area contributed by atoms with Crippen LogP contribution in [0.5, 0.6) is 11.5 Å². The van der Waals surface area contributed by atoms with Crippen molar-refractivity contribution in [3.05, 3.63) is 234 Å². The van der Waals surface area contributed by atoms with Crippen LogP contribution >= 0.6 is 0 Å². The second-order valence-corrected chi connectivity index (χ2v) is 21.6. The Hall–Kier alpha value is -7.50. The first-order valence-corrected chi connectivity index (χ1v) is 24.2. The first kappa shape index (κ1) is 45.3. The van der Waals surface area contributed by atoms with Crippen LogP contribution in [0.3, 0.4) is 0 Å². The highest BCUT2D eigenvalue weighted by Crippen LogP contribution is 2.41. The maximum absolute atomic E-state index is 7.08. The van der Waals surface area contributed by atoms with Crippen LogP contribution in [0.15, 0.2) is 194 Å². The van der Waals surface area contributed by atoms with E-state index < -0.39 is 0 Å². The van der Waals surface area contributed by atoms with E-state index in [1.165, 1.54) is 33.6 Å². The highest BCUT2D eigenvalue weighted by atomic mass is 16.5. The van der Waals surface area contributed by atoms with E-state index >= 15 is 0 Å². The molecule has 0 amide bonds. The molecule has 0 spiro atoms. The molecule has 0 aliphatic carbocycles. The number of ether oxygens (including phenoxy) is 1. The number of para-hydroxylation sites is 1. The van der Waals surface area contributed by atoms with E-state index in [4.69, 9.17) is 9.72 Å². The molecule has 7 aromatic carbocycles. The van der Waals surface area contributed by atoms with E-state index in [0.29, 0.717) is 0 Å². The number of pyridine rings is 1. The number of aromatic nitrogens is 4. The average Bonchev–Trinajstić information content (AvgIpc) is 3.93. The molecule has 10 aromatic rings. The van der Waals surface area contributed by atoms with E-state index in [1.54, 1.807) is 0 Å². The van der Waals surface area contributed by atoms with Gasteiger partial charge in [-0.05, 0) is 105 Å². The molecule has 0 atom stereocenters. The lowest BCUT2D eigenvalue weighted by Gasteiger charge is -2.30. The Bertz CT molecular complexity index is 3470. The summed E-state index contributed by atoms with van der Waals surface area (Å²) in [5.41, 5.74) is 12.8. The maximum atomic E-state index is 7.08. The number of hydrogen-bond donors (Lipinski definition) is 0. The zero-order valence-electron chi connectivity index (χ0n) is 41.7. The van der Waals surface area contributed by atoms with Gasteiger partial charge in [0, 0.05) is 33.9 Å². The maximum Gasteiger partial charge on any atom is 0.269 e. The fourth-order valence-corrected chi connectivity index (χ4v) is 10.1. The second kappa shape index (κ2) is 17.2. The smallest absolute Gasteiger partial charge is 0.269 e. The van der Waals surface area contributed by atoms with Crippen LogP contribution in [-0.2, 0) is 21.7 Å². The Labute approximate surface area is 408 Å². The largest absolute Gasteiger partial charge is 0.458 e. The monoisotopic (exact) mass is 902 g/mol. The molecule has 0 aliphatic rings. The van der Waals surface area contributed by atoms with Crippen molar-refractivity contribution in [2.75, 3.05) is 0 Å². The summed E-state index contributed by atoms with van der Waals surface area (Å²) in [4.78, 5) is 5.01. The van der Waals surface area contributed by atoms with E-state index in [1.807, 2.05) is 6.20 Å². The first-order chi connectivity index (χ1) is 33.0. The standard InChI is InChI=1S/C64H62N4O/c1-61(2,3)59-60(62(4,5)6)67(43-66(59)50-30-22-29-48(39-50)63(7,8)46-25-16-12-17-26-46)51-37-45(44-23-14-11-15-24-44)38-53(41-51)69-52-33-34-55-54-31-20-21-32-56(54)68(57(55)42-52)58-40-49(35-36-65-58)64(9,10)47-27-18-13-19-28-47/h11-42H,1-10H3. The van der Waals surface area contributed by atoms with Crippen LogP contribution in [-0.4, -0.2) is 14.1 Å². The summed E-state index contributed by atoms with van der Waals surface area (Å²) in [7, 11) is 0. The molecule has 3 aromatic heterocycles. The minimum atomic E-state index is -0.255. The number of imidazole rings is 1. The molecule has 0 aliphatic heterocycles. The molecule has 69 heavy (non-hydrogen) atoms. The van der Waals surface area contributed by atoms with Crippen LogP contribution < -0.4 is 9.30 Å². The van der Waals surface area contributed by atoms with Crippen LogP contribution in [0.2, 0.25) is 0 Å². The third-order valence-corrected chi connectivity index (χ3v) is 13.9. The van der Waals surface area contributed by atoms with Gasteiger partial charge in [0.2, 0.25) is 0 Å². The molecule has 0 saturated carbocycles. The normalized spacial score (nSPS) is 12.5. The molecule has 0 radical (unpaired) electrons. The predicted molar refractivity (Wildman–Crippen MR) is 285 cm³/mol. The van der Waals surface area contributed by atoms with E-state index in [2.05, 4.69) is 277 Å². The van der Waals surface area contributed by atoms with Crippen molar-refractivity contribution in [2.45, 2.75) is 90.9 Å². The summed E-state index contributed by atoms with van der Waals surface area (Å²) in [5, 5.41) is 2.30. The van der Waals surface area contributed by atoms with Crippen LogP contribution in [0.4, 0.5) is 0 Å². The first-order valence-electron chi connectivity index (χ1n) is 24.2. The summed E-state index contributed by atoms with van der Waals surface area (Å²) >= 11 is 0. The SMILES string of the molecule is CC(C)(C)c1c(C(C)(C)C)[n+](-c2cccc(C(C)(C)c3ccccc3)c2)[c-]n1-c1cc(Oc2ccc3c4ccccc4n(-c4cc(C(C)(C)c5ccccc5)ccn4)c3c2)cc(-c2ccccc2)c1. The molecule has 0 fully saturated rings. The van der Waals surface area contributed by atoms with Crippen molar-refractivity contribution in [3.8, 4) is 39.8 Å². The van der Waals surface area contributed by atoms with Gasteiger partial charge < -0.3 is 4.74 Å². The number of rotatable bonds is 10. The van der Waals surface area contributed by atoms with E-state index in [0.717, 1.165) is 61.6 Å². The Balaban J connectivity index is 1.12. The van der Waals surface area contributed by atoms with Crippen molar-refractivity contribution in [1.29, 1.82) is 0 Å². The van der Waals surface area contributed by atoms with Gasteiger partial charge in [-0.3, -0.25) is 13.7 Å². The molecular formula is C64H62N4O. The van der Waals surface area contributed by atoms with Gasteiger partial charge in [0.25, 0.3) is 6.33 Å². The molecule has 344 valence electrons. The summed E-state index contributed by atoms with van der Waals surface area (Å²) in [5.74, 6) is 2.33. The number of benzene rings is 7. The Morgan fingerprint density at radius 1 is 0.464 bits per heavy atom. The molecule has 3 heterocycles. The van der Waals surface area contributed by atoms with Gasteiger partial charge in [-0.15, -0.1) is 0 Å². The molecule has 0 N–H and O–H groups in total. The van der Waals surface area contributed by atoms with Gasteiger partial charge in [-0.2, -0.15) is 0 Å². The quantitative estimate of drug-likeness (QED) is 0.101. The van der Waals surface area contributed by atoms with Crippen molar-refractivity contribution >= 4 is 21.8 Å². The van der Waals surface area contributed by atoms with Crippen molar-refractivity contribution in [2.24, 2.45) is 0 Å². The van der Waals surface area contributed by atoms with Crippen molar-refractivity contribution in [1.82, 2.24) is 14.1 Å². The molecule has 5 nitrogen and oxygen atoms in total. The van der Waals surface area contributed by atoms with Crippen LogP contribution in [0, 0.1) is 6.33 Å². The Morgan fingerprint density at radius 2 is 1.06 bits per heavy atom. The summed E-state index contributed by atoms with van der Waals surface area (Å²) in [6.07, 6.45) is 5.88. The lowest BCUT2D eigenvalue weighted by molar-refractivity contribution is -0.611. The molecule has 0 bridgehead atoms. The van der Waals surface area contributed by atoms with E-state index in [9.17, 15) is 0 Å². The highest BCUT2D eigenvalue weighted by Gasteiger charge is 2.35. The fraction of sp³-hybridized carbons (Fsp3) is 0.219. The van der Waals surface area contributed by atoms with Gasteiger partial charge in [0.05, 0.1) is 33.8 Å². The third kappa shape index (κ3) is 8.45. The summed E-state index contributed by atoms with van der Waals surface area (Å²) in [6, 6.07) is 67.1. The Morgan fingerprint density at radius 3 is 1.71 bits per heavy atom. The van der Waals surface area contributed by atoms with Crippen LogP contribution in [0.1, 0.15) is 103 Å². The summed E-state index contributed by atoms with van der Waals surface area (Å²) < 4.78 is 13.9. The Kier molecular flexibility index (Phi) is 11.3. The van der Waals surface area contributed by atoms with Crippen molar-refractivity contribution < 1.29 is 9.30 Å². The van der Waals surface area contributed by atoms with Crippen molar-refractivity contribution in [3.63, 3.8) is 0 Å². The lowest BCUT2D eigenvalue weighted by Crippen LogP contribution is -2.41. The zero-order chi connectivity index (χ0) is 48.3. The number of nitrogens with zero attached hydrogens (tertiary/aromatic N) is 4. The predicted octanol–water partition coefficient (Wildman–Crippen LogP) is 15.8. The average molecular weight is 903 g/mol. The molecule has 0 unspecified atom stereocenters.